The van der Waals surface area contributed by atoms with E-state index in [1.165, 1.54) is 0 Å². The van der Waals surface area contributed by atoms with Crippen molar-refractivity contribution in [3.63, 3.8) is 0 Å². The monoisotopic (exact) mass is 416 g/mol. The van der Waals surface area contributed by atoms with Gasteiger partial charge >= 0.3 is 0 Å². The molecule has 31 heavy (non-hydrogen) atoms. The highest BCUT2D eigenvalue weighted by molar-refractivity contribution is 5.93. The molecule has 0 spiro atoms. The van der Waals surface area contributed by atoms with Crippen molar-refractivity contribution in [2.75, 3.05) is 13.2 Å². The number of rotatable bonds is 5. The van der Waals surface area contributed by atoms with Gasteiger partial charge in [0.05, 0.1) is 17.1 Å². The summed E-state index contributed by atoms with van der Waals surface area (Å²) >= 11 is 0. The lowest BCUT2D eigenvalue weighted by Gasteiger charge is -2.18. The number of nitrogens with zero attached hydrogens (tertiary/aromatic N) is 5. The van der Waals surface area contributed by atoms with Crippen molar-refractivity contribution in [1.82, 2.24) is 30.1 Å². The Morgan fingerprint density at radius 3 is 2.77 bits per heavy atom. The second kappa shape index (κ2) is 7.94. The molecule has 0 bridgehead atoms. The standard InChI is InChI=1S/C22H20N6O3/c1-15-21(25-26-28(15)18-6-7-19-20(13-18)31-11-10-30-19)22(29)23-14-16-4-2-5-17(12-16)27-9-3-8-24-27/h2-9,12-13H,10-11,14H2,1H3,(H,23,29). The number of benzene rings is 2. The fourth-order valence-electron chi connectivity index (χ4n) is 3.44. The Kier molecular flexibility index (Phi) is 4.83. The summed E-state index contributed by atoms with van der Waals surface area (Å²) in [4.78, 5) is 12.7. The molecular weight excluding hydrogens is 396 g/mol. The number of carbonyl (C=O) groups is 1. The average Bonchev–Trinajstić information content (AvgIpc) is 3.48. The molecule has 9 nitrogen and oxygen atoms in total. The summed E-state index contributed by atoms with van der Waals surface area (Å²) in [6, 6.07) is 15.2. The minimum absolute atomic E-state index is 0.276. The molecule has 2 aromatic carbocycles. The molecule has 1 amide bonds. The zero-order valence-electron chi connectivity index (χ0n) is 16.9. The largest absolute Gasteiger partial charge is 0.486 e. The van der Waals surface area contributed by atoms with Crippen molar-refractivity contribution in [3.05, 3.63) is 77.9 Å². The van der Waals surface area contributed by atoms with Gasteiger partial charge in [0.1, 0.15) is 13.2 Å². The van der Waals surface area contributed by atoms with Gasteiger partial charge in [-0.1, -0.05) is 17.3 Å². The topological polar surface area (TPSA) is 96.1 Å². The summed E-state index contributed by atoms with van der Waals surface area (Å²) < 4.78 is 14.6. The zero-order chi connectivity index (χ0) is 21.2. The maximum Gasteiger partial charge on any atom is 0.274 e. The van der Waals surface area contributed by atoms with Crippen molar-refractivity contribution < 1.29 is 14.3 Å². The van der Waals surface area contributed by atoms with E-state index in [4.69, 9.17) is 9.47 Å². The van der Waals surface area contributed by atoms with Gasteiger partial charge in [-0.3, -0.25) is 4.79 Å². The van der Waals surface area contributed by atoms with Gasteiger partial charge < -0.3 is 14.8 Å². The lowest BCUT2D eigenvalue weighted by atomic mass is 10.2. The van der Waals surface area contributed by atoms with Crippen molar-refractivity contribution >= 4 is 5.91 Å². The summed E-state index contributed by atoms with van der Waals surface area (Å²) in [5.74, 6) is 1.07. The maximum atomic E-state index is 12.7. The molecule has 3 heterocycles. The van der Waals surface area contributed by atoms with Crippen LogP contribution in [-0.2, 0) is 6.54 Å². The molecule has 2 aromatic heterocycles. The van der Waals surface area contributed by atoms with Gasteiger partial charge in [0.2, 0.25) is 0 Å². The first-order valence-corrected chi connectivity index (χ1v) is 9.88. The molecule has 0 aliphatic carbocycles. The first-order chi connectivity index (χ1) is 15.2. The van der Waals surface area contributed by atoms with Gasteiger partial charge in [0, 0.05) is 25.0 Å². The van der Waals surface area contributed by atoms with E-state index in [0.717, 1.165) is 16.9 Å². The van der Waals surface area contributed by atoms with Gasteiger partial charge in [0.25, 0.3) is 5.91 Å². The summed E-state index contributed by atoms with van der Waals surface area (Å²) in [7, 11) is 0. The van der Waals surface area contributed by atoms with Gasteiger partial charge in [-0.15, -0.1) is 5.10 Å². The van der Waals surface area contributed by atoms with Gasteiger partial charge in [-0.05, 0) is 42.8 Å². The molecule has 4 aromatic rings. The molecule has 5 rings (SSSR count). The Morgan fingerprint density at radius 1 is 1.06 bits per heavy atom. The molecule has 1 aliphatic heterocycles. The zero-order valence-corrected chi connectivity index (χ0v) is 16.9. The number of hydrogen-bond donors (Lipinski definition) is 1. The SMILES string of the molecule is Cc1c(C(=O)NCc2cccc(-n3cccn3)c2)nnn1-c1ccc2c(c1)OCCO2. The highest BCUT2D eigenvalue weighted by Crippen LogP contribution is 2.32. The van der Waals surface area contributed by atoms with E-state index in [2.05, 4.69) is 20.7 Å². The third kappa shape index (κ3) is 3.73. The van der Waals surface area contributed by atoms with E-state index < -0.39 is 0 Å². The molecule has 0 unspecified atom stereocenters. The van der Waals surface area contributed by atoms with E-state index in [1.54, 1.807) is 15.6 Å². The Bertz CT molecular complexity index is 1230. The second-order valence-electron chi connectivity index (χ2n) is 7.07. The fraction of sp³-hybridized carbons (Fsp3) is 0.182. The Hall–Kier alpha value is -4.14. The van der Waals surface area contributed by atoms with Crippen LogP contribution in [0.3, 0.4) is 0 Å². The van der Waals surface area contributed by atoms with Crippen LogP contribution in [0.15, 0.2) is 60.9 Å². The molecule has 0 fully saturated rings. The third-order valence-electron chi connectivity index (χ3n) is 5.01. The maximum absolute atomic E-state index is 12.7. The molecule has 0 atom stereocenters. The van der Waals surface area contributed by atoms with Crippen LogP contribution in [-0.4, -0.2) is 43.9 Å². The number of nitrogens with one attached hydrogen (secondary N) is 1. The number of amides is 1. The van der Waals surface area contributed by atoms with Crippen LogP contribution >= 0.6 is 0 Å². The predicted molar refractivity (Wildman–Crippen MR) is 112 cm³/mol. The van der Waals surface area contributed by atoms with Crippen molar-refractivity contribution in [2.24, 2.45) is 0 Å². The van der Waals surface area contributed by atoms with E-state index in [9.17, 15) is 4.79 Å². The summed E-state index contributed by atoms with van der Waals surface area (Å²) in [6.07, 6.45) is 3.60. The summed E-state index contributed by atoms with van der Waals surface area (Å²) in [5, 5.41) is 15.4. The molecule has 156 valence electrons. The van der Waals surface area contributed by atoms with Crippen molar-refractivity contribution in [3.8, 4) is 22.9 Å². The van der Waals surface area contributed by atoms with E-state index in [1.807, 2.05) is 61.7 Å². The van der Waals surface area contributed by atoms with Crippen molar-refractivity contribution in [1.29, 1.82) is 0 Å². The van der Waals surface area contributed by atoms with Crippen LogP contribution < -0.4 is 14.8 Å². The molecule has 1 N–H and O–H groups in total. The van der Waals surface area contributed by atoms with Crippen LogP contribution in [0.1, 0.15) is 21.7 Å². The van der Waals surface area contributed by atoms with Crippen LogP contribution in [0.4, 0.5) is 0 Å². The number of carbonyl (C=O) groups excluding carboxylic acids is 1. The lowest BCUT2D eigenvalue weighted by molar-refractivity contribution is 0.0945. The highest BCUT2D eigenvalue weighted by atomic mass is 16.6. The molecule has 1 aliphatic rings. The minimum Gasteiger partial charge on any atom is -0.486 e. The van der Waals surface area contributed by atoms with E-state index in [-0.39, 0.29) is 11.6 Å². The fourth-order valence-corrected chi connectivity index (χ4v) is 3.44. The van der Waals surface area contributed by atoms with Gasteiger partial charge in [0.15, 0.2) is 17.2 Å². The minimum atomic E-state index is -0.286. The van der Waals surface area contributed by atoms with Crippen LogP contribution in [0, 0.1) is 6.92 Å². The molecule has 0 radical (unpaired) electrons. The second-order valence-corrected chi connectivity index (χ2v) is 7.07. The number of fused-ring (bicyclic) bond motifs is 1. The average molecular weight is 416 g/mol. The third-order valence-corrected chi connectivity index (χ3v) is 5.01. The Morgan fingerprint density at radius 2 is 1.94 bits per heavy atom. The predicted octanol–water partition coefficient (Wildman–Crippen LogP) is 2.46. The Balaban J connectivity index is 1.31. The number of hydrogen-bond acceptors (Lipinski definition) is 6. The Labute approximate surface area is 178 Å². The summed E-state index contributed by atoms with van der Waals surface area (Å²) in [5.41, 5.74) is 3.55. The molecular formula is C22H20N6O3. The van der Waals surface area contributed by atoms with Gasteiger partial charge in [-0.25, -0.2) is 9.36 Å². The smallest absolute Gasteiger partial charge is 0.274 e. The number of ether oxygens (including phenoxy) is 2. The van der Waals surface area contributed by atoms with E-state index >= 15 is 0 Å². The normalized spacial score (nSPS) is 12.5. The first-order valence-electron chi connectivity index (χ1n) is 9.88. The molecule has 9 heteroatoms. The molecule has 0 saturated heterocycles. The van der Waals surface area contributed by atoms with Gasteiger partial charge in [-0.2, -0.15) is 5.10 Å². The molecule has 0 saturated carbocycles. The van der Waals surface area contributed by atoms with Crippen LogP contribution in [0.25, 0.3) is 11.4 Å². The van der Waals surface area contributed by atoms with Crippen molar-refractivity contribution in [2.45, 2.75) is 13.5 Å². The van der Waals surface area contributed by atoms with Crippen LogP contribution in [0.2, 0.25) is 0 Å². The van der Waals surface area contributed by atoms with Crippen LogP contribution in [0.5, 0.6) is 11.5 Å². The highest BCUT2D eigenvalue weighted by Gasteiger charge is 2.19. The first kappa shape index (κ1) is 18.9. The van der Waals surface area contributed by atoms with E-state index in [0.29, 0.717) is 37.0 Å². The summed E-state index contributed by atoms with van der Waals surface area (Å²) in [6.45, 7) is 3.21. The number of aromatic nitrogens is 5. The lowest BCUT2D eigenvalue weighted by Crippen LogP contribution is -2.24. The quantitative estimate of drug-likeness (QED) is 0.537.